The fourth-order valence-corrected chi connectivity index (χ4v) is 2.47. The largest absolute Gasteiger partial charge is 0.339 e. The molecule has 0 amide bonds. The molecule has 1 aromatic heterocycles. The van der Waals surface area contributed by atoms with Crippen molar-refractivity contribution in [2.24, 2.45) is 0 Å². The molecule has 0 aliphatic rings. The first-order chi connectivity index (χ1) is 8.99. The van der Waals surface area contributed by atoms with E-state index in [1.165, 1.54) is 6.33 Å². The van der Waals surface area contributed by atoms with Crippen molar-refractivity contribution in [3.8, 4) is 0 Å². The van der Waals surface area contributed by atoms with Crippen molar-refractivity contribution in [2.45, 2.75) is 26.7 Å². The van der Waals surface area contributed by atoms with Gasteiger partial charge in [0.15, 0.2) is 0 Å². The number of nitrogens with one attached hydrogen (secondary N) is 1. The van der Waals surface area contributed by atoms with Crippen LogP contribution in [-0.2, 0) is 0 Å². The average molecular weight is 296 g/mol. The zero-order chi connectivity index (χ0) is 14.0. The first kappa shape index (κ1) is 14.1. The molecule has 100 valence electrons. The molecular formula is C14H15Cl2N3. The summed E-state index contributed by atoms with van der Waals surface area (Å²) in [4.78, 5) is 8.27. The molecule has 0 aliphatic carbocycles. The Balaban J connectivity index is 2.41. The van der Waals surface area contributed by atoms with E-state index in [0.717, 1.165) is 16.8 Å². The number of hydrogen-bond acceptors (Lipinski definition) is 3. The van der Waals surface area contributed by atoms with Gasteiger partial charge < -0.3 is 5.32 Å². The highest BCUT2D eigenvalue weighted by molar-refractivity contribution is 6.33. The van der Waals surface area contributed by atoms with Crippen LogP contribution < -0.4 is 5.32 Å². The van der Waals surface area contributed by atoms with Crippen LogP contribution in [0.2, 0.25) is 10.2 Å². The average Bonchev–Trinajstić information content (AvgIpc) is 2.32. The summed E-state index contributed by atoms with van der Waals surface area (Å²) in [5.74, 6) is 0.918. The van der Waals surface area contributed by atoms with Gasteiger partial charge in [-0.3, -0.25) is 0 Å². The lowest BCUT2D eigenvalue weighted by molar-refractivity contribution is 0.850. The highest BCUT2D eigenvalue weighted by Gasteiger charge is 2.14. The Labute approximate surface area is 123 Å². The van der Waals surface area contributed by atoms with Crippen LogP contribution in [0, 0.1) is 6.92 Å². The monoisotopic (exact) mass is 295 g/mol. The van der Waals surface area contributed by atoms with Gasteiger partial charge in [0.25, 0.3) is 0 Å². The van der Waals surface area contributed by atoms with Crippen LogP contribution >= 0.6 is 23.2 Å². The summed E-state index contributed by atoms with van der Waals surface area (Å²) in [5, 5.41) is 4.35. The predicted molar refractivity (Wildman–Crippen MR) is 80.6 cm³/mol. The molecule has 0 spiro atoms. The molecule has 5 heteroatoms. The fourth-order valence-electron chi connectivity index (χ4n) is 1.83. The third-order valence-corrected chi connectivity index (χ3v) is 3.40. The van der Waals surface area contributed by atoms with Gasteiger partial charge >= 0.3 is 0 Å². The van der Waals surface area contributed by atoms with Crippen molar-refractivity contribution in [2.75, 3.05) is 5.32 Å². The van der Waals surface area contributed by atoms with Crippen LogP contribution in [0.5, 0.6) is 0 Å². The molecule has 2 rings (SSSR count). The van der Waals surface area contributed by atoms with Crippen LogP contribution in [0.1, 0.15) is 30.9 Å². The van der Waals surface area contributed by atoms with Gasteiger partial charge in [0, 0.05) is 5.56 Å². The standard InChI is InChI=1S/C14H15Cl2N3/c1-8(2)12-13(16)17-7-18-14(12)19-11-5-4-9(3)6-10(11)15/h4-8H,1-3H3,(H,17,18,19). The zero-order valence-corrected chi connectivity index (χ0v) is 12.5. The molecule has 0 atom stereocenters. The van der Waals surface area contributed by atoms with Gasteiger partial charge in [-0.1, -0.05) is 43.1 Å². The van der Waals surface area contributed by atoms with Crippen molar-refractivity contribution < 1.29 is 0 Å². The van der Waals surface area contributed by atoms with Gasteiger partial charge in [0.2, 0.25) is 0 Å². The second-order valence-corrected chi connectivity index (χ2v) is 5.45. The lowest BCUT2D eigenvalue weighted by Crippen LogP contribution is -2.03. The summed E-state index contributed by atoms with van der Waals surface area (Å²) in [7, 11) is 0. The van der Waals surface area contributed by atoms with Crippen molar-refractivity contribution in [1.29, 1.82) is 0 Å². The predicted octanol–water partition coefficient (Wildman–Crippen LogP) is 4.96. The molecular weight excluding hydrogens is 281 g/mol. The number of nitrogens with zero attached hydrogens (tertiary/aromatic N) is 2. The molecule has 2 aromatic rings. The van der Waals surface area contributed by atoms with Gasteiger partial charge in [0.1, 0.15) is 17.3 Å². The summed E-state index contributed by atoms with van der Waals surface area (Å²) in [6, 6.07) is 5.82. The molecule has 0 bridgehead atoms. The van der Waals surface area contributed by atoms with E-state index in [1.54, 1.807) is 0 Å². The van der Waals surface area contributed by atoms with Crippen molar-refractivity contribution in [3.05, 3.63) is 45.8 Å². The van der Waals surface area contributed by atoms with E-state index >= 15 is 0 Å². The third kappa shape index (κ3) is 3.17. The van der Waals surface area contributed by atoms with Crippen LogP contribution in [0.4, 0.5) is 11.5 Å². The first-order valence-corrected chi connectivity index (χ1v) is 6.78. The van der Waals surface area contributed by atoms with Gasteiger partial charge in [-0.15, -0.1) is 0 Å². The van der Waals surface area contributed by atoms with E-state index in [2.05, 4.69) is 15.3 Å². The normalized spacial score (nSPS) is 10.8. The minimum absolute atomic E-state index is 0.223. The number of benzene rings is 1. The first-order valence-electron chi connectivity index (χ1n) is 6.02. The Morgan fingerprint density at radius 2 is 1.89 bits per heavy atom. The minimum Gasteiger partial charge on any atom is -0.339 e. The Morgan fingerprint density at radius 3 is 2.53 bits per heavy atom. The maximum Gasteiger partial charge on any atom is 0.138 e. The van der Waals surface area contributed by atoms with Crippen LogP contribution in [-0.4, -0.2) is 9.97 Å². The minimum atomic E-state index is 0.223. The maximum atomic E-state index is 6.21. The number of rotatable bonds is 3. The van der Waals surface area contributed by atoms with Gasteiger partial charge in [-0.25, -0.2) is 9.97 Å². The topological polar surface area (TPSA) is 37.8 Å². The number of aromatic nitrogens is 2. The Kier molecular flexibility index (Phi) is 4.27. The van der Waals surface area contributed by atoms with Crippen molar-refractivity contribution in [1.82, 2.24) is 9.97 Å². The molecule has 1 aromatic carbocycles. The SMILES string of the molecule is Cc1ccc(Nc2ncnc(Cl)c2C(C)C)c(Cl)c1. The Hall–Kier alpha value is -1.32. The number of aryl methyl sites for hydroxylation is 1. The smallest absolute Gasteiger partial charge is 0.138 e. The highest BCUT2D eigenvalue weighted by atomic mass is 35.5. The highest BCUT2D eigenvalue weighted by Crippen LogP contribution is 2.32. The molecule has 0 saturated heterocycles. The summed E-state index contributed by atoms with van der Waals surface area (Å²) in [6.45, 7) is 6.09. The quantitative estimate of drug-likeness (QED) is 0.813. The molecule has 19 heavy (non-hydrogen) atoms. The molecule has 3 nitrogen and oxygen atoms in total. The molecule has 0 unspecified atom stereocenters. The summed E-state index contributed by atoms with van der Waals surface area (Å²) in [5.41, 5.74) is 2.81. The molecule has 0 fully saturated rings. The zero-order valence-electron chi connectivity index (χ0n) is 11.0. The summed E-state index contributed by atoms with van der Waals surface area (Å²) < 4.78 is 0. The van der Waals surface area contributed by atoms with Crippen LogP contribution in [0.15, 0.2) is 24.5 Å². The maximum absolute atomic E-state index is 6.21. The summed E-state index contributed by atoms with van der Waals surface area (Å²) in [6.07, 6.45) is 1.44. The van der Waals surface area contributed by atoms with Gasteiger partial charge in [-0.05, 0) is 30.5 Å². The van der Waals surface area contributed by atoms with E-state index in [0.29, 0.717) is 16.0 Å². The molecule has 0 radical (unpaired) electrons. The molecule has 0 saturated carbocycles. The summed E-state index contributed by atoms with van der Waals surface area (Å²) >= 11 is 12.3. The van der Waals surface area contributed by atoms with E-state index < -0.39 is 0 Å². The number of anilines is 2. The lowest BCUT2D eigenvalue weighted by atomic mass is 10.1. The molecule has 1 N–H and O–H groups in total. The van der Waals surface area contributed by atoms with Gasteiger partial charge in [0.05, 0.1) is 10.7 Å². The molecule has 0 aliphatic heterocycles. The Morgan fingerprint density at radius 1 is 1.16 bits per heavy atom. The van der Waals surface area contributed by atoms with E-state index in [-0.39, 0.29) is 5.92 Å². The second-order valence-electron chi connectivity index (χ2n) is 4.69. The Bertz CT molecular complexity index is 597. The lowest BCUT2D eigenvalue weighted by Gasteiger charge is -2.15. The third-order valence-electron chi connectivity index (χ3n) is 2.79. The number of hydrogen-bond donors (Lipinski definition) is 1. The van der Waals surface area contributed by atoms with Gasteiger partial charge in [-0.2, -0.15) is 0 Å². The van der Waals surface area contributed by atoms with Crippen LogP contribution in [0.25, 0.3) is 0 Å². The molecule has 1 heterocycles. The van der Waals surface area contributed by atoms with E-state index in [9.17, 15) is 0 Å². The second kappa shape index (κ2) is 5.76. The number of halogens is 2. The van der Waals surface area contributed by atoms with Crippen molar-refractivity contribution in [3.63, 3.8) is 0 Å². The van der Waals surface area contributed by atoms with Crippen molar-refractivity contribution >= 4 is 34.7 Å². The van der Waals surface area contributed by atoms with Crippen LogP contribution in [0.3, 0.4) is 0 Å². The van der Waals surface area contributed by atoms with E-state index in [4.69, 9.17) is 23.2 Å². The fraction of sp³-hybridized carbons (Fsp3) is 0.286. The van der Waals surface area contributed by atoms with E-state index in [1.807, 2.05) is 39.0 Å².